The largest absolute Gasteiger partial charge is 0.330 e. The Morgan fingerprint density at radius 1 is 1.50 bits per heavy atom. The van der Waals surface area contributed by atoms with Crippen LogP contribution in [-0.2, 0) is 4.79 Å². The number of anilines is 1. The number of halogens is 2. The number of rotatable bonds is 4. The van der Waals surface area contributed by atoms with E-state index < -0.39 is 11.6 Å². The minimum atomic E-state index is -0.644. The maximum Gasteiger partial charge on any atom is 0.238 e. The summed E-state index contributed by atoms with van der Waals surface area (Å²) in [4.78, 5) is 13.9. The van der Waals surface area contributed by atoms with Gasteiger partial charge in [0, 0.05) is 18.7 Å². The number of hydrogen-bond donors (Lipinski definition) is 2. The number of carbonyl (C=O) groups excluding carboxylic acids is 1. The van der Waals surface area contributed by atoms with E-state index in [0.717, 1.165) is 31.2 Å². The van der Waals surface area contributed by atoms with Gasteiger partial charge in [0.2, 0.25) is 5.91 Å². The molecule has 1 aromatic rings. The summed E-state index contributed by atoms with van der Waals surface area (Å²) in [6, 6.07) is 3.25. The van der Waals surface area contributed by atoms with Gasteiger partial charge >= 0.3 is 0 Å². The van der Waals surface area contributed by atoms with Crippen molar-refractivity contribution in [3.8, 4) is 0 Å². The molecule has 20 heavy (non-hydrogen) atoms. The molecule has 1 fully saturated rings. The Morgan fingerprint density at radius 2 is 2.25 bits per heavy atom. The van der Waals surface area contributed by atoms with Crippen LogP contribution < -0.4 is 11.1 Å². The van der Waals surface area contributed by atoms with Gasteiger partial charge < -0.3 is 11.1 Å². The van der Waals surface area contributed by atoms with Crippen molar-refractivity contribution < 1.29 is 13.6 Å². The van der Waals surface area contributed by atoms with Crippen LogP contribution in [0, 0.1) is 17.6 Å². The lowest BCUT2D eigenvalue weighted by molar-refractivity contribution is -0.117. The molecule has 110 valence electrons. The minimum Gasteiger partial charge on any atom is -0.330 e. The number of nitrogens with one attached hydrogen (secondary N) is 1. The summed E-state index contributed by atoms with van der Waals surface area (Å²) in [6.45, 7) is 3.55. The van der Waals surface area contributed by atoms with Crippen LogP contribution in [0.5, 0.6) is 0 Å². The van der Waals surface area contributed by atoms with Crippen LogP contribution in [0.3, 0.4) is 0 Å². The van der Waals surface area contributed by atoms with Gasteiger partial charge in [-0.05, 0) is 37.9 Å². The molecule has 3 N–H and O–H groups in total. The smallest absolute Gasteiger partial charge is 0.238 e. The van der Waals surface area contributed by atoms with Gasteiger partial charge in [0.05, 0.1) is 12.2 Å². The van der Waals surface area contributed by atoms with E-state index in [1.54, 1.807) is 0 Å². The number of benzene rings is 1. The number of nitrogens with zero attached hydrogens (tertiary/aromatic N) is 1. The highest BCUT2D eigenvalue weighted by Crippen LogP contribution is 2.22. The van der Waals surface area contributed by atoms with Crippen LogP contribution >= 0.6 is 0 Å². The molecule has 0 saturated carbocycles. The standard InChI is InChI=1S/C14H19F2N3O/c1-9-4-10(6-17)7-19(9)8-14(20)18-13-5-11(15)2-3-12(13)16/h2-3,5,9-10H,4,6-8,17H2,1H3,(H,18,20). The van der Waals surface area contributed by atoms with Crippen LogP contribution in [0.4, 0.5) is 14.5 Å². The van der Waals surface area contributed by atoms with Crippen molar-refractivity contribution in [3.63, 3.8) is 0 Å². The molecule has 1 heterocycles. The van der Waals surface area contributed by atoms with Crippen LogP contribution in [0.2, 0.25) is 0 Å². The zero-order chi connectivity index (χ0) is 14.7. The monoisotopic (exact) mass is 283 g/mol. The molecule has 1 aliphatic heterocycles. The summed E-state index contributed by atoms with van der Waals surface area (Å²) in [5.74, 6) is -1.18. The quantitative estimate of drug-likeness (QED) is 0.882. The highest BCUT2D eigenvalue weighted by Gasteiger charge is 2.29. The SMILES string of the molecule is CC1CC(CN)CN1CC(=O)Nc1cc(F)ccc1F. The Balaban J connectivity index is 1.94. The fourth-order valence-corrected chi connectivity index (χ4v) is 2.58. The third kappa shape index (κ3) is 3.52. The molecular formula is C14H19F2N3O. The first-order chi connectivity index (χ1) is 9.49. The van der Waals surface area contributed by atoms with Crippen LogP contribution in [-0.4, -0.2) is 36.5 Å². The molecule has 1 amide bonds. The fourth-order valence-electron chi connectivity index (χ4n) is 2.58. The summed E-state index contributed by atoms with van der Waals surface area (Å²) in [5.41, 5.74) is 5.50. The molecule has 1 saturated heterocycles. The predicted molar refractivity (Wildman–Crippen MR) is 73.2 cm³/mol. The number of nitrogens with two attached hydrogens (primary N) is 1. The summed E-state index contributed by atoms with van der Waals surface area (Å²) in [7, 11) is 0. The molecule has 0 aliphatic carbocycles. The number of likely N-dealkylation sites (tertiary alicyclic amines) is 1. The average molecular weight is 283 g/mol. The van der Waals surface area contributed by atoms with Crippen molar-refractivity contribution >= 4 is 11.6 Å². The first-order valence-electron chi connectivity index (χ1n) is 6.68. The molecule has 0 aromatic heterocycles. The highest BCUT2D eigenvalue weighted by molar-refractivity contribution is 5.92. The van der Waals surface area contributed by atoms with Crippen LogP contribution in [0.15, 0.2) is 18.2 Å². The van der Waals surface area contributed by atoms with E-state index in [9.17, 15) is 13.6 Å². The van der Waals surface area contributed by atoms with E-state index in [-0.39, 0.29) is 24.2 Å². The van der Waals surface area contributed by atoms with Gasteiger partial charge in [-0.25, -0.2) is 8.78 Å². The Hall–Kier alpha value is -1.53. The van der Waals surface area contributed by atoms with E-state index in [0.29, 0.717) is 12.5 Å². The summed E-state index contributed by atoms with van der Waals surface area (Å²) in [5, 5.41) is 2.40. The molecule has 1 aliphatic rings. The van der Waals surface area contributed by atoms with Crippen molar-refractivity contribution in [1.29, 1.82) is 0 Å². The van der Waals surface area contributed by atoms with E-state index in [1.807, 2.05) is 11.8 Å². The molecule has 2 rings (SSSR count). The van der Waals surface area contributed by atoms with Gasteiger partial charge in [-0.1, -0.05) is 0 Å². The summed E-state index contributed by atoms with van der Waals surface area (Å²) < 4.78 is 26.4. The van der Waals surface area contributed by atoms with Gasteiger partial charge in [0.25, 0.3) is 0 Å². The predicted octanol–water partition coefficient (Wildman–Crippen LogP) is 1.57. The lowest BCUT2D eigenvalue weighted by Gasteiger charge is -2.20. The molecule has 4 nitrogen and oxygen atoms in total. The van der Waals surface area contributed by atoms with E-state index in [1.165, 1.54) is 0 Å². The van der Waals surface area contributed by atoms with Crippen molar-refractivity contribution in [3.05, 3.63) is 29.8 Å². The van der Waals surface area contributed by atoms with Gasteiger partial charge in [-0.15, -0.1) is 0 Å². The Morgan fingerprint density at radius 3 is 2.90 bits per heavy atom. The molecular weight excluding hydrogens is 264 g/mol. The summed E-state index contributed by atoms with van der Waals surface area (Å²) in [6.07, 6.45) is 0.956. The second kappa shape index (κ2) is 6.28. The first kappa shape index (κ1) is 14.9. The van der Waals surface area contributed by atoms with Gasteiger partial charge in [-0.2, -0.15) is 0 Å². The fraction of sp³-hybridized carbons (Fsp3) is 0.500. The Kier molecular flexibility index (Phi) is 4.67. The molecule has 2 atom stereocenters. The second-order valence-electron chi connectivity index (χ2n) is 5.29. The molecule has 1 aromatic carbocycles. The maximum atomic E-state index is 13.4. The number of carbonyl (C=O) groups is 1. The molecule has 0 spiro atoms. The second-order valence-corrected chi connectivity index (χ2v) is 5.29. The van der Waals surface area contributed by atoms with Crippen molar-refractivity contribution in [2.24, 2.45) is 11.7 Å². The van der Waals surface area contributed by atoms with Crippen molar-refractivity contribution in [1.82, 2.24) is 4.90 Å². The average Bonchev–Trinajstić information content (AvgIpc) is 2.74. The van der Waals surface area contributed by atoms with E-state index in [2.05, 4.69) is 5.32 Å². The minimum absolute atomic E-state index is 0.128. The van der Waals surface area contributed by atoms with Crippen LogP contribution in [0.25, 0.3) is 0 Å². The normalized spacial score (nSPS) is 23.0. The highest BCUT2D eigenvalue weighted by atomic mass is 19.1. The van der Waals surface area contributed by atoms with Crippen molar-refractivity contribution in [2.75, 3.05) is 25.0 Å². The first-order valence-corrected chi connectivity index (χ1v) is 6.68. The lowest BCUT2D eigenvalue weighted by Crippen LogP contribution is -2.36. The molecule has 2 unspecified atom stereocenters. The Labute approximate surface area is 116 Å². The summed E-state index contributed by atoms with van der Waals surface area (Å²) >= 11 is 0. The topological polar surface area (TPSA) is 58.4 Å². The maximum absolute atomic E-state index is 13.4. The molecule has 6 heteroatoms. The number of amides is 1. The van der Waals surface area contributed by atoms with Gasteiger partial charge in [0.15, 0.2) is 0 Å². The third-order valence-electron chi connectivity index (χ3n) is 3.67. The zero-order valence-electron chi connectivity index (χ0n) is 11.4. The lowest BCUT2D eigenvalue weighted by atomic mass is 10.1. The van der Waals surface area contributed by atoms with Crippen LogP contribution in [0.1, 0.15) is 13.3 Å². The molecule has 0 bridgehead atoms. The Bertz CT molecular complexity index is 495. The third-order valence-corrected chi connectivity index (χ3v) is 3.67. The van der Waals surface area contributed by atoms with E-state index >= 15 is 0 Å². The van der Waals surface area contributed by atoms with Gasteiger partial charge in [0.1, 0.15) is 11.6 Å². The van der Waals surface area contributed by atoms with E-state index in [4.69, 9.17) is 5.73 Å². The molecule has 0 radical (unpaired) electrons. The number of hydrogen-bond acceptors (Lipinski definition) is 3. The zero-order valence-corrected chi connectivity index (χ0v) is 11.4. The van der Waals surface area contributed by atoms with Crippen molar-refractivity contribution in [2.45, 2.75) is 19.4 Å². The van der Waals surface area contributed by atoms with Gasteiger partial charge in [-0.3, -0.25) is 9.69 Å².